The standard InChI is InChI=1S/C18H17N3O2S/c1-21-16-10-14(7-8-17(16)23-18(21)22)13-5-3-12(4-6-13)9-15(11-19)20-24-2/h3-8,10,15,20H,9H2,1-2H3. The molecule has 0 aliphatic heterocycles. The second-order valence-electron chi connectivity index (χ2n) is 5.51. The summed E-state index contributed by atoms with van der Waals surface area (Å²) < 4.78 is 9.72. The summed E-state index contributed by atoms with van der Waals surface area (Å²) in [7, 11) is 1.70. The van der Waals surface area contributed by atoms with Crippen molar-refractivity contribution >= 4 is 23.0 Å². The molecule has 3 rings (SSSR count). The third-order valence-electron chi connectivity index (χ3n) is 3.93. The molecule has 0 bridgehead atoms. The van der Waals surface area contributed by atoms with Crippen molar-refractivity contribution in [3.05, 3.63) is 58.6 Å². The third kappa shape index (κ3) is 3.23. The van der Waals surface area contributed by atoms with Crippen LogP contribution in [0.15, 0.2) is 51.7 Å². The van der Waals surface area contributed by atoms with Crippen LogP contribution in [0.4, 0.5) is 0 Å². The molecule has 1 unspecified atom stereocenters. The zero-order valence-corrected chi connectivity index (χ0v) is 14.3. The van der Waals surface area contributed by atoms with Crippen LogP contribution in [-0.2, 0) is 13.5 Å². The highest BCUT2D eigenvalue weighted by molar-refractivity contribution is 7.96. The fourth-order valence-corrected chi connectivity index (χ4v) is 3.05. The number of fused-ring (bicyclic) bond motifs is 1. The maximum Gasteiger partial charge on any atom is 0.419 e. The zero-order valence-electron chi connectivity index (χ0n) is 13.4. The molecule has 122 valence electrons. The highest BCUT2D eigenvalue weighted by Gasteiger charge is 2.09. The van der Waals surface area contributed by atoms with Gasteiger partial charge in [0.15, 0.2) is 5.58 Å². The van der Waals surface area contributed by atoms with Gasteiger partial charge in [-0.25, -0.2) is 9.52 Å². The Kier molecular flexibility index (Phi) is 4.74. The Bertz CT molecular complexity index is 951. The van der Waals surface area contributed by atoms with E-state index in [1.54, 1.807) is 7.05 Å². The van der Waals surface area contributed by atoms with Crippen molar-refractivity contribution in [1.29, 1.82) is 5.26 Å². The summed E-state index contributed by atoms with van der Waals surface area (Å²) in [5, 5.41) is 9.12. The molecule has 1 N–H and O–H groups in total. The van der Waals surface area contributed by atoms with Crippen LogP contribution in [0.5, 0.6) is 0 Å². The first kappa shape index (κ1) is 16.4. The SMILES string of the molecule is CSNC(C#N)Cc1ccc(-c2ccc3oc(=O)n(C)c3c2)cc1. The second-order valence-corrected chi connectivity index (χ2v) is 6.16. The lowest BCUT2D eigenvalue weighted by Gasteiger charge is -2.09. The number of aryl methyl sites for hydroxylation is 1. The Labute approximate surface area is 144 Å². The third-order valence-corrected chi connectivity index (χ3v) is 4.45. The van der Waals surface area contributed by atoms with E-state index in [0.717, 1.165) is 22.2 Å². The number of hydrogen-bond donors (Lipinski definition) is 1. The number of nitrogens with zero attached hydrogens (tertiary/aromatic N) is 2. The van der Waals surface area contributed by atoms with Crippen molar-refractivity contribution in [2.24, 2.45) is 7.05 Å². The Balaban J connectivity index is 1.87. The van der Waals surface area contributed by atoms with Crippen molar-refractivity contribution in [3.63, 3.8) is 0 Å². The first-order valence-electron chi connectivity index (χ1n) is 7.49. The molecule has 6 heteroatoms. The summed E-state index contributed by atoms with van der Waals surface area (Å²) in [6.07, 6.45) is 2.57. The quantitative estimate of drug-likeness (QED) is 0.723. The highest BCUT2D eigenvalue weighted by atomic mass is 32.2. The summed E-state index contributed by atoms with van der Waals surface area (Å²) >= 11 is 1.45. The molecule has 0 saturated heterocycles. The van der Waals surface area contributed by atoms with Gasteiger partial charge in [0.2, 0.25) is 0 Å². The van der Waals surface area contributed by atoms with Gasteiger partial charge in [0.1, 0.15) is 6.04 Å². The Morgan fingerprint density at radius 3 is 2.62 bits per heavy atom. The van der Waals surface area contributed by atoms with Crippen molar-refractivity contribution in [2.75, 3.05) is 6.26 Å². The van der Waals surface area contributed by atoms with Crippen LogP contribution in [0.25, 0.3) is 22.2 Å². The number of oxazole rings is 1. The molecule has 0 aliphatic rings. The summed E-state index contributed by atoms with van der Waals surface area (Å²) in [6, 6.07) is 15.9. The first-order chi connectivity index (χ1) is 11.6. The maximum atomic E-state index is 11.6. The van der Waals surface area contributed by atoms with Gasteiger partial charge in [-0.15, -0.1) is 0 Å². The minimum absolute atomic E-state index is 0.206. The fraction of sp³-hybridized carbons (Fsp3) is 0.222. The molecule has 0 aliphatic carbocycles. The van der Waals surface area contributed by atoms with Gasteiger partial charge in [0.25, 0.3) is 0 Å². The van der Waals surface area contributed by atoms with E-state index in [9.17, 15) is 4.79 Å². The van der Waals surface area contributed by atoms with Crippen LogP contribution >= 0.6 is 11.9 Å². The maximum absolute atomic E-state index is 11.6. The largest absolute Gasteiger partial charge is 0.419 e. The molecule has 1 aromatic heterocycles. The smallest absolute Gasteiger partial charge is 0.408 e. The van der Waals surface area contributed by atoms with Crippen LogP contribution in [0, 0.1) is 11.3 Å². The lowest BCUT2D eigenvalue weighted by molar-refractivity contribution is 0.528. The van der Waals surface area contributed by atoms with Crippen LogP contribution in [0.3, 0.4) is 0 Å². The topological polar surface area (TPSA) is 71.0 Å². The Morgan fingerprint density at radius 1 is 1.25 bits per heavy atom. The average molecular weight is 339 g/mol. The second kappa shape index (κ2) is 6.95. The van der Waals surface area contributed by atoms with Crippen molar-refractivity contribution in [3.8, 4) is 17.2 Å². The van der Waals surface area contributed by atoms with E-state index in [1.807, 2.05) is 48.7 Å². The van der Waals surface area contributed by atoms with Gasteiger partial charge in [0, 0.05) is 13.5 Å². The van der Waals surface area contributed by atoms with Gasteiger partial charge >= 0.3 is 5.76 Å². The molecule has 5 nitrogen and oxygen atoms in total. The van der Waals surface area contributed by atoms with Crippen LogP contribution in [0.1, 0.15) is 5.56 Å². The number of benzene rings is 2. The van der Waals surface area contributed by atoms with Crippen molar-refractivity contribution in [2.45, 2.75) is 12.5 Å². The summed E-state index contributed by atoms with van der Waals surface area (Å²) in [4.78, 5) is 11.6. The molecule has 0 amide bonds. The van der Waals surface area contributed by atoms with Crippen LogP contribution in [0.2, 0.25) is 0 Å². The normalized spacial score (nSPS) is 12.2. The average Bonchev–Trinajstić information content (AvgIpc) is 2.89. The van der Waals surface area contributed by atoms with Gasteiger partial charge in [-0.05, 0) is 35.1 Å². The highest BCUT2D eigenvalue weighted by Crippen LogP contribution is 2.24. The summed E-state index contributed by atoms with van der Waals surface area (Å²) in [5.41, 5.74) is 4.53. The predicted molar refractivity (Wildman–Crippen MR) is 96.6 cm³/mol. The minimum atomic E-state index is -0.360. The number of hydrogen-bond acceptors (Lipinski definition) is 5. The first-order valence-corrected chi connectivity index (χ1v) is 8.72. The van der Waals surface area contributed by atoms with Gasteiger partial charge in [-0.3, -0.25) is 4.57 Å². The predicted octanol–water partition coefficient (Wildman–Crippen LogP) is 3.10. The summed E-state index contributed by atoms with van der Waals surface area (Å²) in [5.74, 6) is -0.360. The lowest BCUT2D eigenvalue weighted by atomic mass is 10.0. The molecular formula is C18H17N3O2S. The van der Waals surface area contributed by atoms with E-state index >= 15 is 0 Å². The number of nitriles is 1. The Morgan fingerprint density at radius 2 is 1.96 bits per heavy atom. The summed E-state index contributed by atoms with van der Waals surface area (Å²) in [6.45, 7) is 0. The van der Waals surface area contributed by atoms with Crippen molar-refractivity contribution in [1.82, 2.24) is 9.29 Å². The molecule has 1 atom stereocenters. The molecular weight excluding hydrogens is 322 g/mol. The molecule has 3 aromatic rings. The van der Waals surface area contributed by atoms with Gasteiger partial charge in [-0.1, -0.05) is 42.3 Å². The molecule has 1 heterocycles. The van der Waals surface area contributed by atoms with E-state index < -0.39 is 0 Å². The van der Waals surface area contributed by atoms with Crippen LogP contribution in [-0.4, -0.2) is 16.9 Å². The van der Waals surface area contributed by atoms with Crippen molar-refractivity contribution < 1.29 is 4.42 Å². The zero-order chi connectivity index (χ0) is 17.1. The van der Waals surface area contributed by atoms with Gasteiger partial charge < -0.3 is 4.42 Å². The molecule has 0 saturated carbocycles. The molecule has 24 heavy (non-hydrogen) atoms. The fourth-order valence-electron chi connectivity index (χ4n) is 2.63. The molecule has 0 spiro atoms. The minimum Gasteiger partial charge on any atom is -0.408 e. The van der Waals surface area contributed by atoms with Crippen LogP contribution < -0.4 is 10.5 Å². The van der Waals surface area contributed by atoms with E-state index in [4.69, 9.17) is 9.68 Å². The monoisotopic (exact) mass is 339 g/mol. The van der Waals surface area contributed by atoms with E-state index in [0.29, 0.717) is 12.0 Å². The number of rotatable bonds is 5. The van der Waals surface area contributed by atoms with E-state index in [-0.39, 0.29) is 11.8 Å². The Hall–Kier alpha value is -2.49. The van der Waals surface area contributed by atoms with Gasteiger partial charge in [-0.2, -0.15) is 5.26 Å². The number of aromatic nitrogens is 1. The van der Waals surface area contributed by atoms with E-state index in [2.05, 4.69) is 10.8 Å². The van der Waals surface area contributed by atoms with E-state index in [1.165, 1.54) is 16.5 Å². The number of nitrogens with one attached hydrogen (secondary N) is 1. The molecule has 0 fully saturated rings. The van der Waals surface area contributed by atoms with Gasteiger partial charge in [0.05, 0.1) is 11.6 Å². The molecule has 2 aromatic carbocycles. The molecule has 0 radical (unpaired) electrons. The lowest BCUT2D eigenvalue weighted by Crippen LogP contribution is -2.23.